The molecule has 0 atom stereocenters. The first-order valence-corrected chi connectivity index (χ1v) is 4.64. The van der Waals surface area contributed by atoms with Crippen molar-refractivity contribution in [2.45, 2.75) is 11.8 Å². The Morgan fingerprint density at radius 3 is 2.07 bits per heavy atom. The molecule has 0 spiro atoms. The van der Waals surface area contributed by atoms with Crippen LogP contribution in [0.1, 0.15) is 6.92 Å². The number of hydrogen-bond acceptors (Lipinski definition) is 4. The number of amides is 1. The van der Waals surface area contributed by atoms with Crippen molar-refractivity contribution in [3.63, 3.8) is 0 Å². The molecule has 0 bridgehead atoms. The van der Waals surface area contributed by atoms with Gasteiger partial charge in [0.1, 0.15) is 0 Å². The van der Waals surface area contributed by atoms with Crippen LogP contribution in [-0.2, 0) is 23.9 Å². The van der Waals surface area contributed by atoms with E-state index in [0.29, 0.717) is 5.69 Å². The molecule has 0 aromatic heterocycles. The molecule has 14 heavy (non-hydrogen) atoms. The molecule has 0 fully saturated rings. The van der Waals surface area contributed by atoms with Crippen LogP contribution in [0.4, 0.5) is 5.69 Å². The van der Waals surface area contributed by atoms with Crippen molar-refractivity contribution in [2.75, 3.05) is 5.32 Å². The van der Waals surface area contributed by atoms with Crippen LogP contribution in [0.5, 0.6) is 0 Å². The SMILES string of the molecule is CC(=O)Nc1ccc([S-](=O)=O)cc1.[Na+]. The Hall–Kier alpha value is -0.360. The Morgan fingerprint density at radius 1 is 1.21 bits per heavy atom. The number of anilines is 1. The van der Waals surface area contributed by atoms with Gasteiger partial charge in [-0.15, -0.1) is 0 Å². The van der Waals surface area contributed by atoms with Gasteiger partial charge in [-0.3, -0.25) is 4.79 Å². The quantitative estimate of drug-likeness (QED) is 0.479. The molecule has 1 aromatic carbocycles. The molecule has 0 aliphatic carbocycles. The zero-order chi connectivity index (χ0) is 9.84. The van der Waals surface area contributed by atoms with Crippen molar-refractivity contribution in [2.24, 2.45) is 0 Å². The summed E-state index contributed by atoms with van der Waals surface area (Å²) < 4.78 is 20.9. The first kappa shape index (κ1) is 13.6. The van der Waals surface area contributed by atoms with Gasteiger partial charge < -0.3 is 13.7 Å². The molecule has 6 heteroatoms. The van der Waals surface area contributed by atoms with Crippen molar-refractivity contribution in [3.05, 3.63) is 24.3 Å². The Morgan fingerprint density at radius 2 is 1.71 bits per heavy atom. The van der Waals surface area contributed by atoms with Crippen molar-refractivity contribution in [1.82, 2.24) is 0 Å². The summed E-state index contributed by atoms with van der Waals surface area (Å²) in [6.45, 7) is 1.39. The average molecular weight is 221 g/mol. The van der Waals surface area contributed by atoms with Crippen molar-refractivity contribution in [1.29, 1.82) is 0 Å². The van der Waals surface area contributed by atoms with E-state index in [-0.39, 0.29) is 40.4 Å². The van der Waals surface area contributed by atoms with E-state index in [1.807, 2.05) is 0 Å². The van der Waals surface area contributed by atoms with Crippen LogP contribution >= 0.6 is 0 Å². The summed E-state index contributed by atoms with van der Waals surface area (Å²) in [4.78, 5) is 10.8. The molecule has 0 aliphatic rings. The minimum atomic E-state index is -2.21. The molecule has 1 N–H and O–H groups in total. The summed E-state index contributed by atoms with van der Waals surface area (Å²) in [5.74, 6) is -0.184. The number of rotatable bonds is 2. The third-order valence-electron chi connectivity index (χ3n) is 1.37. The van der Waals surface area contributed by atoms with E-state index in [1.54, 1.807) is 0 Å². The summed E-state index contributed by atoms with van der Waals surface area (Å²) in [6, 6.07) is 5.92. The third-order valence-corrected chi connectivity index (χ3v) is 2.02. The van der Waals surface area contributed by atoms with E-state index < -0.39 is 10.7 Å². The molecular weight excluding hydrogens is 213 g/mol. The van der Waals surface area contributed by atoms with Gasteiger partial charge in [-0.05, 0) is 22.8 Å². The Balaban J connectivity index is 0.00000169. The Bertz CT molecular complexity index is 378. The van der Waals surface area contributed by atoms with Crippen molar-refractivity contribution < 1.29 is 42.8 Å². The fourth-order valence-corrected chi connectivity index (χ4v) is 1.21. The summed E-state index contributed by atoms with van der Waals surface area (Å²) in [6.07, 6.45) is 0. The summed E-state index contributed by atoms with van der Waals surface area (Å²) in [5.41, 5.74) is 0.585. The zero-order valence-corrected chi connectivity index (χ0v) is 10.8. The van der Waals surface area contributed by atoms with Crippen LogP contribution in [0.15, 0.2) is 29.2 Å². The second-order valence-electron chi connectivity index (χ2n) is 2.44. The van der Waals surface area contributed by atoms with Gasteiger partial charge in [-0.2, -0.15) is 0 Å². The molecule has 0 radical (unpaired) electrons. The summed E-state index contributed by atoms with van der Waals surface area (Å²) >= 11 is 0. The molecule has 0 saturated heterocycles. The van der Waals surface area contributed by atoms with Gasteiger partial charge in [0, 0.05) is 12.6 Å². The predicted molar refractivity (Wildman–Crippen MR) is 47.7 cm³/mol. The van der Waals surface area contributed by atoms with Gasteiger partial charge >= 0.3 is 29.6 Å². The van der Waals surface area contributed by atoms with Crippen LogP contribution in [0.3, 0.4) is 0 Å². The predicted octanol–water partition coefficient (Wildman–Crippen LogP) is -1.68. The first-order valence-electron chi connectivity index (χ1n) is 3.56. The fraction of sp³-hybridized carbons (Fsp3) is 0.125. The molecule has 4 nitrogen and oxygen atoms in total. The minimum Gasteiger partial charge on any atom is -0.420 e. The topological polar surface area (TPSA) is 63.2 Å². The van der Waals surface area contributed by atoms with Crippen LogP contribution in [0, 0.1) is 0 Å². The van der Waals surface area contributed by atoms with E-state index in [9.17, 15) is 13.2 Å². The molecule has 1 amide bonds. The molecular formula is C8H8NNaO3S. The van der Waals surface area contributed by atoms with Crippen LogP contribution in [0.2, 0.25) is 0 Å². The van der Waals surface area contributed by atoms with Crippen molar-refractivity contribution >= 4 is 22.3 Å². The van der Waals surface area contributed by atoms with Gasteiger partial charge in [0.05, 0.1) is 0 Å². The maximum atomic E-state index is 10.6. The molecule has 70 valence electrons. The van der Waals surface area contributed by atoms with E-state index in [2.05, 4.69) is 5.32 Å². The standard InChI is InChI=1S/C8H8NO3S.Na/c1-6(10)9-7-2-4-8(5-3-7)13(11)12;/h2-5H,1H3,(H,9,10);/q-1;+1. The number of carbonyl (C=O) groups excluding carboxylic acids is 1. The van der Waals surface area contributed by atoms with Gasteiger partial charge in [0.25, 0.3) is 0 Å². The largest absolute Gasteiger partial charge is 1.00 e. The van der Waals surface area contributed by atoms with Crippen LogP contribution < -0.4 is 34.9 Å². The normalized spacial score (nSPS) is 9.29. The fourth-order valence-electron chi connectivity index (χ4n) is 0.853. The van der Waals surface area contributed by atoms with E-state index >= 15 is 0 Å². The summed E-state index contributed by atoms with van der Waals surface area (Å²) in [7, 11) is -2.21. The Kier molecular flexibility index (Phi) is 6.03. The second kappa shape index (κ2) is 6.19. The van der Waals surface area contributed by atoms with Crippen molar-refractivity contribution in [3.8, 4) is 0 Å². The number of benzene rings is 1. The molecule has 0 aliphatic heterocycles. The molecule has 0 saturated carbocycles. The first-order chi connectivity index (χ1) is 6.09. The number of hydrogen-bond donors (Lipinski definition) is 1. The summed E-state index contributed by atoms with van der Waals surface area (Å²) in [5, 5.41) is 2.53. The molecule has 0 heterocycles. The average Bonchev–Trinajstić information content (AvgIpc) is 2.04. The molecule has 0 unspecified atom stereocenters. The van der Waals surface area contributed by atoms with Gasteiger partial charge in [0.2, 0.25) is 5.91 Å². The van der Waals surface area contributed by atoms with Gasteiger partial charge in [0.15, 0.2) is 0 Å². The van der Waals surface area contributed by atoms with E-state index in [4.69, 9.17) is 0 Å². The maximum Gasteiger partial charge on any atom is 1.00 e. The maximum absolute atomic E-state index is 10.6. The minimum absolute atomic E-state index is 0. The van der Waals surface area contributed by atoms with Gasteiger partial charge in [-0.1, -0.05) is 17.0 Å². The number of carbonyl (C=O) groups is 1. The second-order valence-corrected chi connectivity index (χ2v) is 3.38. The smallest absolute Gasteiger partial charge is 0.420 e. The molecule has 1 rings (SSSR count). The van der Waals surface area contributed by atoms with Crippen LogP contribution in [0.25, 0.3) is 0 Å². The Labute approximate surface area is 106 Å². The van der Waals surface area contributed by atoms with Crippen LogP contribution in [-0.4, -0.2) is 5.91 Å². The number of nitrogens with one attached hydrogen (secondary N) is 1. The van der Waals surface area contributed by atoms with E-state index in [1.165, 1.54) is 31.2 Å². The molecule has 1 aromatic rings. The third kappa shape index (κ3) is 4.23. The van der Waals surface area contributed by atoms with Gasteiger partial charge in [-0.25, -0.2) is 0 Å². The van der Waals surface area contributed by atoms with E-state index in [0.717, 1.165) is 0 Å². The monoisotopic (exact) mass is 221 g/mol. The zero-order valence-electron chi connectivity index (χ0n) is 7.94.